The van der Waals surface area contributed by atoms with Crippen molar-refractivity contribution >= 4 is 21.6 Å². The van der Waals surface area contributed by atoms with Gasteiger partial charge in [-0.2, -0.15) is 0 Å². The van der Waals surface area contributed by atoms with Gasteiger partial charge in [-0.05, 0) is 43.7 Å². The SMILES string of the molecule is C[C@@H]1CCc2c(sc3nc([C@H](C)N[C@@H]4CCOc5ccccc54)[nH]c(=O)c23)C1. The maximum atomic E-state index is 12.9. The summed E-state index contributed by atoms with van der Waals surface area (Å²) >= 11 is 1.70. The summed E-state index contributed by atoms with van der Waals surface area (Å²) in [7, 11) is 0. The van der Waals surface area contributed by atoms with Gasteiger partial charge in [-0.1, -0.05) is 25.1 Å². The van der Waals surface area contributed by atoms with Crippen molar-refractivity contribution in [3.05, 3.63) is 56.4 Å². The van der Waals surface area contributed by atoms with E-state index in [1.807, 2.05) is 18.2 Å². The molecule has 28 heavy (non-hydrogen) atoms. The normalized spacial score (nSPS) is 22.4. The number of aromatic nitrogens is 2. The predicted octanol–water partition coefficient (Wildman–Crippen LogP) is 4.28. The number of ether oxygens (including phenoxy) is 1. The molecule has 0 amide bonds. The fourth-order valence-corrected chi connectivity index (χ4v) is 5.86. The van der Waals surface area contributed by atoms with Gasteiger partial charge in [0.1, 0.15) is 16.4 Å². The monoisotopic (exact) mass is 395 g/mol. The minimum Gasteiger partial charge on any atom is -0.493 e. The Morgan fingerprint density at radius 3 is 3.07 bits per heavy atom. The summed E-state index contributed by atoms with van der Waals surface area (Å²) < 4.78 is 5.76. The molecular formula is C22H25N3O2S. The highest BCUT2D eigenvalue weighted by atomic mass is 32.1. The molecule has 0 spiro atoms. The van der Waals surface area contributed by atoms with Crippen LogP contribution in [0, 0.1) is 5.92 Å². The lowest BCUT2D eigenvalue weighted by Crippen LogP contribution is -2.31. The average molecular weight is 396 g/mol. The molecule has 0 fully saturated rings. The zero-order valence-corrected chi connectivity index (χ0v) is 17.1. The van der Waals surface area contributed by atoms with Crippen LogP contribution in [0.25, 0.3) is 10.2 Å². The first-order valence-electron chi connectivity index (χ1n) is 10.1. The van der Waals surface area contributed by atoms with Gasteiger partial charge in [0, 0.05) is 22.9 Å². The van der Waals surface area contributed by atoms with Crippen molar-refractivity contribution in [3.8, 4) is 5.75 Å². The fraction of sp³-hybridized carbons (Fsp3) is 0.455. The third-order valence-electron chi connectivity index (χ3n) is 6.00. The maximum Gasteiger partial charge on any atom is 0.259 e. The number of rotatable bonds is 3. The van der Waals surface area contributed by atoms with Crippen LogP contribution >= 0.6 is 11.3 Å². The van der Waals surface area contributed by atoms with Crippen LogP contribution in [0.4, 0.5) is 0 Å². The highest BCUT2D eigenvalue weighted by Crippen LogP contribution is 2.36. The summed E-state index contributed by atoms with van der Waals surface area (Å²) in [5.41, 5.74) is 2.41. The third kappa shape index (κ3) is 3.05. The molecule has 0 bridgehead atoms. The lowest BCUT2D eigenvalue weighted by Gasteiger charge is -2.29. The Kier molecular flexibility index (Phi) is 4.48. The molecule has 0 saturated carbocycles. The molecular weight excluding hydrogens is 370 g/mol. The Balaban J connectivity index is 1.46. The number of benzene rings is 1. The van der Waals surface area contributed by atoms with Crippen molar-refractivity contribution in [2.75, 3.05) is 6.61 Å². The molecule has 1 aromatic carbocycles. The first kappa shape index (κ1) is 17.9. The lowest BCUT2D eigenvalue weighted by atomic mass is 9.89. The molecule has 5 rings (SSSR count). The van der Waals surface area contributed by atoms with Gasteiger partial charge in [0.05, 0.1) is 18.0 Å². The van der Waals surface area contributed by atoms with Crippen molar-refractivity contribution in [2.24, 2.45) is 5.92 Å². The van der Waals surface area contributed by atoms with Crippen LogP contribution < -0.4 is 15.6 Å². The second-order valence-corrected chi connectivity index (χ2v) is 9.18. The number of fused-ring (bicyclic) bond motifs is 4. The summed E-state index contributed by atoms with van der Waals surface area (Å²) in [6, 6.07) is 8.29. The lowest BCUT2D eigenvalue weighted by molar-refractivity contribution is 0.245. The van der Waals surface area contributed by atoms with Crippen molar-refractivity contribution < 1.29 is 4.74 Å². The minimum atomic E-state index is -0.0497. The van der Waals surface area contributed by atoms with E-state index in [1.54, 1.807) is 11.3 Å². The molecule has 0 unspecified atom stereocenters. The maximum absolute atomic E-state index is 12.9. The van der Waals surface area contributed by atoms with Gasteiger partial charge in [0.15, 0.2) is 0 Å². The van der Waals surface area contributed by atoms with E-state index >= 15 is 0 Å². The van der Waals surface area contributed by atoms with E-state index in [0.29, 0.717) is 18.3 Å². The number of nitrogens with one attached hydrogen (secondary N) is 2. The number of nitrogens with zero attached hydrogens (tertiary/aromatic N) is 1. The molecule has 146 valence electrons. The average Bonchev–Trinajstić information content (AvgIpc) is 3.06. The molecule has 3 heterocycles. The second-order valence-electron chi connectivity index (χ2n) is 8.10. The summed E-state index contributed by atoms with van der Waals surface area (Å²) in [6.07, 6.45) is 4.12. The van der Waals surface area contributed by atoms with E-state index in [-0.39, 0.29) is 17.6 Å². The number of aromatic amines is 1. The summed E-state index contributed by atoms with van der Waals surface area (Å²) in [5, 5.41) is 4.46. The van der Waals surface area contributed by atoms with Crippen molar-refractivity contribution in [2.45, 2.75) is 51.6 Å². The van der Waals surface area contributed by atoms with Crippen LogP contribution in [-0.2, 0) is 12.8 Å². The Bertz CT molecular complexity index is 1090. The largest absolute Gasteiger partial charge is 0.493 e. The zero-order valence-electron chi connectivity index (χ0n) is 16.2. The predicted molar refractivity (Wildman–Crippen MR) is 112 cm³/mol. The van der Waals surface area contributed by atoms with E-state index < -0.39 is 0 Å². The van der Waals surface area contributed by atoms with Crippen LogP contribution in [0.3, 0.4) is 0 Å². The zero-order chi connectivity index (χ0) is 19.3. The van der Waals surface area contributed by atoms with Gasteiger partial charge >= 0.3 is 0 Å². The van der Waals surface area contributed by atoms with Gasteiger partial charge < -0.3 is 15.0 Å². The van der Waals surface area contributed by atoms with E-state index in [0.717, 1.165) is 41.6 Å². The van der Waals surface area contributed by atoms with Crippen LogP contribution in [0.1, 0.15) is 60.6 Å². The molecule has 0 radical (unpaired) electrons. The Morgan fingerprint density at radius 1 is 1.32 bits per heavy atom. The molecule has 2 aliphatic rings. The second kappa shape index (κ2) is 7.01. The van der Waals surface area contributed by atoms with Crippen LogP contribution in [0.5, 0.6) is 5.75 Å². The van der Waals surface area contributed by atoms with E-state index in [4.69, 9.17) is 9.72 Å². The molecule has 1 aliphatic carbocycles. The molecule has 0 saturated heterocycles. The van der Waals surface area contributed by atoms with E-state index in [2.05, 4.69) is 30.2 Å². The molecule has 1 aliphatic heterocycles. The van der Waals surface area contributed by atoms with Crippen LogP contribution in [-0.4, -0.2) is 16.6 Å². The highest BCUT2D eigenvalue weighted by Gasteiger charge is 2.26. The number of thiophene rings is 1. The van der Waals surface area contributed by atoms with Gasteiger partial charge in [0.25, 0.3) is 5.56 Å². The fourth-order valence-electron chi connectivity index (χ4n) is 4.47. The van der Waals surface area contributed by atoms with E-state index in [9.17, 15) is 4.79 Å². The Hall–Kier alpha value is -2.18. The molecule has 3 aromatic rings. The van der Waals surface area contributed by atoms with E-state index in [1.165, 1.54) is 16.0 Å². The van der Waals surface area contributed by atoms with Gasteiger partial charge in [-0.25, -0.2) is 4.98 Å². The molecule has 6 heteroatoms. The van der Waals surface area contributed by atoms with Crippen molar-refractivity contribution in [3.63, 3.8) is 0 Å². The quantitative estimate of drug-likeness (QED) is 0.694. The molecule has 2 N–H and O–H groups in total. The Labute approximate surface area is 168 Å². The standard InChI is InChI=1S/C22H25N3O2S/c1-12-7-8-15-18(11-12)28-22-19(15)21(26)24-20(25-22)13(2)23-16-9-10-27-17-6-4-3-5-14(16)17/h3-6,12-13,16,23H,7-11H2,1-2H3,(H,24,25,26)/t12-,13+,16-/m1/s1. The summed E-state index contributed by atoms with van der Waals surface area (Å²) in [4.78, 5) is 23.0. The van der Waals surface area contributed by atoms with Gasteiger partial charge in [-0.3, -0.25) is 4.79 Å². The highest BCUT2D eigenvalue weighted by molar-refractivity contribution is 7.18. The number of hydrogen-bond donors (Lipinski definition) is 2. The number of H-pyrrole nitrogens is 1. The van der Waals surface area contributed by atoms with Crippen molar-refractivity contribution in [1.82, 2.24) is 15.3 Å². The Morgan fingerprint density at radius 2 is 2.18 bits per heavy atom. The number of aryl methyl sites for hydroxylation is 1. The minimum absolute atomic E-state index is 0.00748. The molecule has 2 aromatic heterocycles. The smallest absolute Gasteiger partial charge is 0.259 e. The molecule has 5 nitrogen and oxygen atoms in total. The van der Waals surface area contributed by atoms with Crippen molar-refractivity contribution in [1.29, 1.82) is 0 Å². The van der Waals surface area contributed by atoms with Gasteiger partial charge in [0.2, 0.25) is 0 Å². The number of para-hydroxylation sites is 1. The first-order chi connectivity index (χ1) is 13.6. The molecule has 3 atom stereocenters. The third-order valence-corrected chi connectivity index (χ3v) is 7.15. The van der Waals surface area contributed by atoms with Gasteiger partial charge in [-0.15, -0.1) is 11.3 Å². The topological polar surface area (TPSA) is 67.0 Å². The van der Waals surface area contributed by atoms with Crippen LogP contribution in [0.2, 0.25) is 0 Å². The first-order valence-corrected chi connectivity index (χ1v) is 10.9. The summed E-state index contributed by atoms with van der Waals surface area (Å²) in [5.74, 6) is 2.34. The summed E-state index contributed by atoms with van der Waals surface area (Å²) in [6.45, 7) is 5.05. The van der Waals surface area contributed by atoms with Crippen LogP contribution in [0.15, 0.2) is 29.1 Å². The number of hydrogen-bond acceptors (Lipinski definition) is 5.